The minimum atomic E-state index is -0.357. The monoisotopic (exact) mass is 491 g/mol. The van der Waals surface area contributed by atoms with Crippen molar-refractivity contribution >= 4 is 23.0 Å². The Morgan fingerprint density at radius 2 is 1.94 bits per heavy atom. The number of aromatic nitrogens is 2. The van der Waals surface area contributed by atoms with Crippen molar-refractivity contribution in [3.63, 3.8) is 0 Å². The predicted octanol–water partition coefficient (Wildman–Crippen LogP) is 5.32. The molecule has 9 heteroatoms. The van der Waals surface area contributed by atoms with E-state index in [4.69, 9.17) is 17.0 Å². The highest BCUT2D eigenvalue weighted by Gasteiger charge is 2.45. The average molecular weight is 492 g/mol. The van der Waals surface area contributed by atoms with Crippen LogP contribution in [0.4, 0.5) is 5.69 Å². The largest absolute Gasteiger partial charge is 0.496 e. The van der Waals surface area contributed by atoms with Gasteiger partial charge in [-0.2, -0.15) is 0 Å². The molecule has 0 bridgehead atoms. The fraction of sp³-hybridized carbons (Fsp3) is 0.385. The van der Waals surface area contributed by atoms with E-state index < -0.39 is 0 Å². The number of nitrogens with zero attached hydrogens (tertiary/aromatic N) is 4. The molecule has 182 valence electrons. The molecular weight excluding hydrogens is 462 g/mol. The molecule has 0 amide bonds. The molecule has 0 spiro atoms. The maximum atomic E-state index is 11.9. The van der Waals surface area contributed by atoms with Crippen LogP contribution in [0.15, 0.2) is 48.7 Å². The molecule has 3 heterocycles. The second-order valence-corrected chi connectivity index (χ2v) is 9.63. The van der Waals surface area contributed by atoms with Crippen LogP contribution in [0.25, 0.3) is 5.69 Å². The molecule has 1 aromatic carbocycles. The number of rotatable bonds is 6. The van der Waals surface area contributed by atoms with Gasteiger partial charge in [-0.25, -0.2) is 0 Å². The first-order valence-corrected chi connectivity index (χ1v) is 12.3. The Labute approximate surface area is 210 Å². The van der Waals surface area contributed by atoms with Gasteiger partial charge in [-0.1, -0.05) is 18.9 Å². The van der Waals surface area contributed by atoms with E-state index in [2.05, 4.69) is 21.3 Å². The van der Waals surface area contributed by atoms with Gasteiger partial charge in [-0.3, -0.25) is 15.1 Å². The third kappa shape index (κ3) is 4.03. The number of hydrogen-bond acceptors (Lipinski definition) is 5. The smallest absolute Gasteiger partial charge is 0.296 e. The predicted molar refractivity (Wildman–Crippen MR) is 138 cm³/mol. The third-order valence-electron chi connectivity index (χ3n) is 7.26. The average Bonchev–Trinajstić information content (AvgIpc) is 3.57. The van der Waals surface area contributed by atoms with Crippen LogP contribution in [-0.2, 0) is 0 Å². The van der Waals surface area contributed by atoms with E-state index in [1.165, 1.54) is 26.0 Å². The summed E-state index contributed by atoms with van der Waals surface area (Å²) in [7, 11) is 1.51. The molecule has 8 nitrogen and oxygen atoms in total. The summed E-state index contributed by atoms with van der Waals surface area (Å²) >= 11 is 5.87. The molecule has 1 saturated carbocycles. The first-order chi connectivity index (χ1) is 16.9. The van der Waals surface area contributed by atoms with Crippen LogP contribution < -0.4 is 10.1 Å². The summed E-state index contributed by atoms with van der Waals surface area (Å²) in [5.74, 6) is 0.455. The van der Waals surface area contributed by atoms with Crippen molar-refractivity contribution in [1.29, 1.82) is 0 Å². The first kappa shape index (κ1) is 23.3. The SMILES string of the molecule is COc1ccc(-n2c(C)cc([C@@H]3[C@H](c4ccccn4)NC(=S)N3C3CCCC3)c2C)c([N+](=O)[O-])c1. The molecule has 0 radical (unpaired) electrons. The highest BCUT2D eigenvalue weighted by atomic mass is 32.1. The van der Waals surface area contributed by atoms with E-state index in [0.29, 0.717) is 17.5 Å². The molecule has 2 atom stereocenters. The van der Waals surface area contributed by atoms with E-state index in [-0.39, 0.29) is 22.7 Å². The zero-order valence-corrected chi connectivity index (χ0v) is 20.9. The van der Waals surface area contributed by atoms with E-state index in [1.807, 2.05) is 36.6 Å². The summed E-state index contributed by atoms with van der Waals surface area (Å²) in [5.41, 5.74) is 4.44. The Morgan fingerprint density at radius 1 is 1.17 bits per heavy atom. The molecule has 3 aromatic rings. The van der Waals surface area contributed by atoms with Crippen molar-refractivity contribution in [3.05, 3.63) is 81.4 Å². The number of methoxy groups -OCH3 is 1. The quantitative estimate of drug-likeness (QED) is 0.284. The van der Waals surface area contributed by atoms with Gasteiger partial charge in [0.2, 0.25) is 0 Å². The lowest BCUT2D eigenvalue weighted by Crippen LogP contribution is -2.37. The van der Waals surface area contributed by atoms with Gasteiger partial charge in [0, 0.05) is 23.6 Å². The molecular formula is C26H29N5O3S. The van der Waals surface area contributed by atoms with Crippen molar-refractivity contribution in [3.8, 4) is 11.4 Å². The number of thiocarbonyl (C=S) groups is 1. The number of ether oxygens (including phenoxy) is 1. The highest BCUT2D eigenvalue weighted by molar-refractivity contribution is 7.80. The fourth-order valence-corrected chi connectivity index (χ4v) is 6.09. The number of hydrogen-bond donors (Lipinski definition) is 1. The minimum Gasteiger partial charge on any atom is -0.496 e. The normalized spacial score (nSPS) is 20.3. The van der Waals surface area contributed by atoms with Crippen LogP contribution in [-0.4, -0.2) is 37.6 Å². The Balaban J connectivity index is 1.66. The van der Waals surface area contributed by atoms with Crippen molar-refractivity contribution in [2.75, 3.05) is 7.11 Å². The van der Waals surface area contributed by atoms with Crippen LogP contribution in [0.1, 0.15) is 60.4 Å². The van der Waals surface area contributed by atoms with E-state index in [1.54, 1.807) is 18.3 Å². The fourth-order valence-electron chi connectivity index (χ4n) is 5.70. The summed E-state index contributed by atoms with van der Waals surface area (Å²) in [6.45, 7) is 4.01. The molecule has 1 aliphatic carbocycles. The highest BCUT2D eigenvalue weighted by Crippen LogP contribution is 2.45. The number of aryl methyl sites for hydroxylation is 1. The van der Waals surface area contributed by atoms with Crippen LogP contribution in [0.2, 0.25) is 0 Å². The van der Waals surface area contributed by atoms with Crippen molar-refractivity contribution in [1.82, 2.24) is 19.8 Å². The molecule has 1 aliphatic heterocycles. The second kappa shape index (κ2) is 9.30. The lowest BCUT2D eigenvalue weighted by atomic mass is 9.95. The van der Waals surface area contributed by atoms with Gasteiger partial charge in [0.15, 0.2) is 5.11 Å². The summed E-state index contributed by atoms with van der Waals surface area (Å²) in [6, 6.07) is 13.3. The molecule has 5 rings (SSSR count). The van der Waals surface area contributed by atoms with Crippen LogP contribution in [0, 0.1) is 24.0 Å². The van der Waals surface area contributed by atoms with Crippen molar-refractivity contribution < 1.29 is 9.66 Å². The van der Waals surface area contributed by atoms with Gasteiger partial charge in [0.1, 0.15) is 11.4 Å². The minimum absolute atomic E-state index is 0.00620. The van der Waals surface area contributed by atoms with Crippen LogP contribution in [0.3, 0.4) is 0 Å². The number of benzene rings is 1. The van der Waals surface area contributed by atoms with Gasteiger partial charge in [0.05, 0.1) is 35.9 Å². The van der Waals surface area contributed by atoms with Gasteiger partial charge >= 0.3 is 0 Å². The topological polar surface area (TPSA) is 85.5 Å². The maximum Gasteiger partial charge on any atom is 0.296 e. The van der Waals surface area contributed by atoms with E-state index >= 15 is 0 Å². The van der Waals surface area contributed by atoms with Crippen LogP contribution in [0.5, 0.6) is 5.75 Å². The molecule has 1 saturated heterocycles. The number of nitro benzene ring substituents is 1. The number of nitro groups is 1. The first-order valence-electron chi connectivity index (χ1n) is 11.9. The van der Waals surface area contributed by atoms with E-state index in [0.717, 1.165) is 40.6 Å². The Kier molecular flexibility index (Phi) is 6.19. The lowest BCUT2D eigenvalue weighted by Gasteiger charge is -2.33. The maximum absolute atomic E-state index is 11.9. The van der Waals surface area contributed by atoms with Gasteiger partial charge in [-0.05, 0) is 74.8 Å². The molecule has 0 unspecified atom stereocenters. The van der Waals surface area contributed by atoms with Crippen molar-refractivity contribution in [2.24, 2.45) is 0 Å². The molecule has 2 fully saturated rings. The summed E-state index contributed by atoms with van der Waals surface area (Å²) in [5, 5.41) is 16.2. The third-order valence-corrected chi connectivity index (χ3v) is 7.59. The van der Waals surface area contributed by atoms with Gasteiger partial charge in [0.25, 0.3) is 5.69 Å². The summed E-state index contributed by atoms with van der Waals surface area (Å²) in [6.07, 6.45) is 6.41. The Morgan fingerprint density at radius 3 is 2.60 bits per heavy atom. The standard InChI is InChI=1S/C26H29N5O3S/c1-16-14-20(17(2)29(16)22-12-11-19(34-3)15-23(22)31(32)33)25-24(21-10-6-7-13-27-21)28-26(35)30(25)18-8-4-5-9-18/h6-7,10-15,18,24-25H,4-5,8-9H2,1-3H3,(H,28,35)/t24-,25+/m0/s1. The molecule has 35 heavy (non-hydrogen) atoms. The zero-order valence-electron chi connectivity index (χ0n) is 20.1. The summed E-state index contributed by atoms with van der Waals surface area (Å²) < 4.78 is 7.21. The van der Waals surface area contributed by atoms with Crippen LogP contribution >= 0.6 is 12.2 Å². The van der Waals surface area contributed by atoms with Crippen molar-refractivity contribution in [2.45, 2.75) is 57.7 Å². The Bertz CT molecular complexity index is 1270. The van der Waals surface area contributed by atoms with Gasteiger partial charge in [-0.15, -0.1) is 0 Å². The summed E-state index contributed by atoms with van der Waals surface area (Å²) in [4.78, 5) is 18.6. The number of pyridine rings is 1. The molecule has 2 aromatic heterocycles. The molecule has 1 N–H and O–H groups in total. The zero-order chi connectivity index (χ0) is 24.7. The van der Waals surface area contributed by atoms with E-state index in [9.17, 15) is 10.1 Å². The molecule has 2 aliphatic rings. The lowest BCUT2D eigenvalue weighted by molar-refractivity contribution is -0.384. The Hall–Kier alpha value is -3.46. The number of nitrogens with one attached hydrogen (secondary N) is 1. The second-order valence-electron chi connectivity index (χ2n) is 9.25. The van der Waals surface area contributed by atoms with Gasteiger partial charge < -0.3 is 19.5 Å².